The van der Waals surface area contributed by atoms with Gasteiger partial charge in [0.15, 0.2) is 22.7 Å². The Morgan fingerprint density at radius 3 is 2.29 bits per heavy atom. The van der Waals surface area contributed by atoms with Gasteiger partial charge >= 0.3 is 6.09 Å². The summed E-state index contributed by atoms with van der Waals surface area (Å²) in [4.78, 5) is 51.3. The molecule has 3 amide bonds. The minimum Gasteiger partial charge on any atom is -0.493 e. The predicted molar refractivity (Wildman–Crippen MR) is 169 cm³/mol. The van der Waals surface area contributed by atoms with Gasteiger partial charge in [-0.15, -0.1) is 0 Å². The zero-order valence-corrected chi connectivity index (χ0v) is 25.1. The van der Waals surface area contributed by atoms with Crippen molar-refractivity contribution in [3.63, 3.8) is 0 Å². The molecular weight excluding hydrogens is 578 g/mol. The number of alkyl carbamates (subject to hydrolysis) is 1. The molecule has 4 aromatic rings. The van der Waals surface area contributed by atoms with Crippen LogP contribution in [0, 0.1) is 0 Å². The van der Waals surface area contributed by atoms with Gasteiger partial charge in [-0.3, -0.25) is 14.4 Å². The lowest BCUT2D eigenvalue weighted by atomic mass is 9.98. The Morgan fingerprint density at radius 1 is 0.844 bits per heavy atom. The molecular formula is C34H35N3O8. The highest BCUT2D eigenvalue weighted by Crippen LogP contribution is 2.34. The van der Waals surface area contributed by atoms with Crippen molar-refractivity contribution in [1.29, 1.82) is 0 Å². The van der Waals surface area contributed by atoms with Crippen molar-refractivity contribution >= 4 is 40.3 Å². The second-order valence-electron chi connectivity index (χ2n) is 10.7. The summed E-state index contributed by atoms with van der Waals surface area (Å²) in [5.41, 5.74) is 1.58. The van der Waals surface area contributed by atoms with Gasteiger partial charge in [-0.25, -0.2) is 4.79 Å². The number of benzene rings is 3. The van der Waals surface area contributed by atoms with E-state index < -0.39 is 17.9 Å². The van der Waals surface area contributed by atoms with Crippen molar-refractivity contribution in [2.75, 3.05) is 31.4 Å². The van der Waals surface area contributed by atoms with Crippen LogP contribution in [-0.2, 0) is 11.2 Å². The fourth-order valence-corrected chi connectivity index (χ4v) is 5.21. The number of nitrogens with one attached hydrogen (secondary N) is 3. The molecule has 0 aliphatic heterocycles. The Labute approximate surface area is 259 Å². The van der Waals surface area contributed by atoms with Gasteiger partial charge < -0.3 is 34.6 Å². The van der Waals surface area contributed by atoms with E-state index in [1.54, 1.807) is 36.4 Å². The first kappa shape index (κ1) is 31.1. The van der Waals surface area contributed by atoms with Crippen LogP contribution < -0.4 is 30.9 Å². The quantitative estimate of drug-likeness (QED) is 0.200. The minimum absolute atomic E-state index is 0.000492. The standard InChI is InChI=1S/C34H35N3O8/c1-42-29-18-25(26(19-30(29)43-2)37-33(40)31-20-27(38)24-10-6-7-11-28(24)45-31)32(39)36-22-14-12-21(13-15-22)16-17-35-34(41)44-23-8-4-3-5-9-23/h6-7,10-15,18-20,23H,3-5,8-9,16-17H2,1-2H3,(H,35,41)(H,36,39)(H,37,40). The van der Waals surface area contributed by atoms with Crippen LogP contribution in [-0.4, -0.2) is 44.8 Å². The van der Waals surface area contributed by atoms with Crippen molar-refractivity contribution in [2.45, 2.75) is 44.6 Å². The lowest BCUT2D eigenvalue weighted by Crippen LogP contribution is -2.31. The monoisotopic (exact) mass is 613 g/mol. The Kier molecular flexibility index (Phi) is 9.98. The Morgan fingerprint density at radius 2 is 1.56 bits per heavy atom. The summed E-state index contributed by atoms with van der Waals surface area (Å²) < 4.78 is 21.9. The molecule has 234 valence electrons. The molecule has 1 heterocycles. The molecule has 5 rings (SSSR count). The number of rotatable bonds is 10. The van der Waals surface area contributed by atoms with E-state index in [1.165, 1.54) is 32.8 Å². The molecule has 0 spiro atoms. The first-order chi connectivity index (χ1) is 21.8. The van der Waals surface area contributed by atoms with Gasteiger partial charge in [-0.05, 0) is 68.0 Å². The van der Waals surface area contributed by atoms with Gasteiger partial charge in [0, 0.05) is 24.4 Å². The minimum atomic E-state index is -0.722. The summed E-state index contributed by atoms with van der Waals surface area (Å²) in [6, 6.07) is 17.8. The van der Waals surface area contributed by atoms with E-state index in [1.807, 2.05) is 12.1 Å². The number of hydrogen-bond donors (Lipinski definition) is 3. The highest BCUT2D eigenvalue weighted by Gasteiger charge is 2.21. The Balaban J connectivity index is 1.26. The lowest BCUT2D eigenvalue weighted by Gasteiger charge is -2.21. The largest absolute Gasteiger partial charge is 0.493 e. The lowest BCUT2D eigenvalue weighted by molar-refractivity contribution is 0.0754. The molecule has 0 bridgehead atoms. The number of ether oxygens (including phenoxy) is 3. The topological polar surface area (TPSA) is 145 Å². The number of carbonyl (C=O) groups is 3. The molecule has 0 radical (unpaired) electrons. The molecule has 0 atom stereocenters. The molecule has 11 heteroatoms. The van der Waals surface area contributed by atoms with E-state index in [-0.39, 0.29) is 45.6 Å². The van der Waals surface area contributed by atoms with Crippen molar-refractivity contribution < 1.29 is 33.0 Å². The number of methoxy groups -OCH3 is 2. The fraction of sp³-hybridized carbons (Fsp3) is 0.294. The van der Waals surface area contributed by atoms with Crippen LogP contribution in [0.1, 0.15) is 58.6 Å². The number of para-hydroxylation sites is 1. The van der Waals surface area contributed by atoms with Crippen molar-refractivity contribution in [3.8, 4) is 11.5 Å². The van der Waals surface area contributed by atoms with Crippen LogP contribution in [0.4, 0.5) is 16.2 Å². The maximum Gasteiger partial charge on any atom is 0.407 e. The Bertz CT molecular complexity index is 1740. The van der Waals surface area contributed by atoms with E-state index in [4.69, 9.17) is 18.6 Å². The van der Waals surface area contributed by atoms with Gasteiger partial charge in [0.25, 0.3) is 11.8 Å². The zero-order valence-electron chi connectivity index (χ0n) is 25.1. The first-order valence-corrected chi connectivity index (χ1v) is 14.8. The predicted octanol–water partition coefficient (Wildman–Crippen LogP) is 5.92. The van der Waals surface area contributed by atoms with Gasteiger partial charge in [-0.1, -0.05) is 30.7 Å². The van der Waals surface area contributed by atoms with Crippen LogP contribution in [0.2, 0.25) is 0 Å². The molecule has 11 nitrogen and oxygen atoms in total. The van der Waals surface area contributed by atoms with Gasteiger partial charge in [0.2, 0.25) is 0 Å². The van der Waals surface area contributed by atoms with Crippen molar-refractivity contribution in [2.24, 2.45) is 0 Å². The van der Waals surface area contributed by atoms with E-state index in [2.05, 4.69) is 16.0 Å². The molecule has 0 unspecified atom stereocenters. The number of fused-ring (bicyclic) bond motifs is 1. The van der Waals surface area contributed by atoms with Crippen LogP contribution in [0.15, 0.2) is 75.9 Å². The van der Waals surface area contributed by atoms with Gasteiger partial charge in [0.05, 0.1) is 30.9 Å². The highest BCUT2D eigenvalue weighted by molar-refractivity contribution is 6.12. The summed E-state index contributed by atoms with van der Waals surface area (Å²) in [7, 11) is 2.87. The molecule has 1 saturated carbocycles. The maximum atomic E-state index is 13.5. The Hall–Kier alpha value is -5.32. The third-order valence-corrected chi connectivity index (χ3v) is 7.60. The van der Waals surface area contributed by atoms with Gasteiger partial charge in [-0.2, -0.15) is 0 Å². The highest BCUT2D eigenvalue weighted by atomic mass is 16.6. The van der Waals surface area contributed by atoms with Crippen molar-refractivity contribution in [3.05, 3.63) is 93.8 Å². The zero-order chi connectivity index (χ0) is 31.8. The number of amides is 3. The smallest absolute Gasteiger partial charge is 0.407 e. The summed E-state index contributed by atoms with van der Waals surface area (Å²) >= 11 is 0. The molecule has 1 aromatic heterocycles. The summed E-state index contributed by atoms with van der Waals surface area (Å²) in [5.74, 6) is -0.898. The third-order valence-electron chi connectivity index (χ3n) is 7.60. The number of hydrogen-bond acceptors (Lipinski definition) is 8. The van der Waals surface area contributed by atoms with E-state index in [0.717, 1.165) is 37.3 Å². The summed E-state index contributed by atoms with van der Waals surface area (Å²) in [5, 5.41) is 8.64. The SMILES string of the molecule is COc1cc(NC(=O)c2cc(=O)c3ccccc3o2)c(C(=O)Nc2ccc(CCNC(=O)OC3CCCCC3)cc2)cc1OC. The molecule has 3 N–H and O–H groups in total. The van der Waals surface area contributed by atoms with E-state index >= 15 is 0 Å². The number of anilines is 2. The van der Waals surface area contributed by atoms with Crippen LogP contribution in [0.5, 0.6) is 11.5 Å². The summed E-state index contributed by atoms with van der Waals surface area (Å²) in [6.07, 6.45) is 5.40. The normalized spacial score (nSPS) is 13.1. The average Bonchev–Trinajstić information content (AvgIpc) is 3.05. The van der Waals surface area contributed by atoms with Gasteiger partial charge in [0.1, 0.15) is 11.7 Å². The molecule has 0 saturated heterocycles. The fourth-order valence-electron chi connectivity index (χ4n) is 5.21. The summed E-state index contributed by atoms with van der Waals surface area (Å²) in [6.45, 7) is 0.420. The average molecular weight is 614 g/mol. The van der Waals surface area contributed by atoms with E-state index in [0.29, 0.717) is 24.0 Å². The molecule has 1 aliphatic carbocycles. The van der Waals surface area contributed by atoms with Crippen molar-refractivity contribution in [1.82, 2.24) is 5.32 Å². The molecule has 45 heavy (non-hydrogen) atoms. The second-order valence-corrected chi connectivity index (χ2v) is 10.7. The molecule has 1 fully saturated rings. The van der Waals surface area contributed by atoms with E-state index in [9.17, 15) is 19.2 Å². The maximum absolute atomic E-state index is 13.5. The first-order valence-electron chi connectivity index (χ1n) is 14.8. The van der Waals surface area contributed by atoms with Crippen LogP contribution >= 0.6 is 0 Å². The van der Waals surface area contributed by atoms with Crippen LogP contribution in [0.3, 0.4) is 0 Å². The third kappa shape index (κ3) is 7.80. The van der Waals surface area contributed by atoms with Crippen LogP contribution in [0.25, 0.3) is 11.0 Å². The number of carbonyl (C=O) groups excluding carboxylic acids is 3. The molecule has 1 aliphatic rings. The molecule has 3 aromatic carbocycles. The second kappa shape index (κ2) is 14.4.